The molecule has 0 bridgehead atoms. The highest BCUT2D eigenvalue weighted by atomic mass is 32.1. The van der Waals surface area contributed by atoms with Crippen molar-refractivity contribution >= 4 is 28.6 Å². The maximum atomic E-state index is 11.1. The van der Waals surface area contributed by atoms with E-state index in [0.29, 0.717) is 12.2 Å². The third-order valence-electron chi connectivity index (χ3n) is 2.89. The molecule has 0 aliphatic heterocycles. The molecule has 3 N–H and O–H groups in total. The molecule has 1 heterocycles. The van der Waals surface area contributed by atoms with Crippen molar-refractivity contribution < 1.29 is 9.72 Å². The highest BCUT2D eigenvalue weighted by molar-refractivity contribution is 7.10. The SMILES string of the molecule is Cc1ccsc1CNc1ccc(C(N)=O)cc1[N+](=O)[O-]. The van der Waals surface area contributed by atoms with Crippen molar-refractivity contribution in [3.8, 4) is 0 Å². The first-order valence-corrected chi connectivity index (χ1v) is 6.72. The molecular formula is C13H13N3O3S. The van der Waals surface area contributed by atoms with Crippen LogP contribution in [0.15, 0.2) is 29.6 Å². The Bertz CT molecular complexity index is 667. The van der Waals surface area contributed by atoms with Crippen molar-refractivity contribution in [3.63, 3.8) is 0 Å². The second-order valence-corrected chi connectivity index (χ2v) is 5.23. The monoisotopic (exact) mass is 291 g/mol. The standard InChI is InChI=1S/C13H13N3O3S/c1-8-4-5-20-12(8)7-15-10-3-2-9(13(14)17)6-11(10)16(18)19/h2-6,15H,7H2,1H3,(H2,14,17). The third-order valence-corrected chi connectivity index (χ3v) is 3.91. The number of carbonyl (C=O) groups excluding carboxylic acids is 1. The summed E-state index contributed by atoms with van der Waals surface area (Å²) in [4.78, 5) is 22.7. The van der Waals surface area contributed by atoms with E-state index < -0.39 is 10.8 Å². The number of carbonyl (C=O) groups is 1. The zero-order chi connectivity index (χ0) is 14.7. The first-order valence-electron chi connectivity index (χ1n) is 5.84. The first kappa shape index (κ1) is 14.0. The Morgan fingerprint density at radius 2 is 2.20 bits per heavy atom. The minimum absolute atomic E-state index is 0.120. The smallest absolute Gasteiger partial charge is 0.293 e. The van der Waals surface area contributed by atoms with Gasteiger partial charge in [-0.2, -0.15) is 0 Å². The minimum atomic E-state index is -0.686. The molecule has 0 radical (unpaired) electrons. The van der Waals surface area contributed by atoms with Gasteiger partial charge in [-0.05, 0) is 36.1 Å². The lowest BCUT2D eigenvalue weighted by Crippen LogP contribution is -2.12. The molecule has 7 heteroatoms. The zero-order valence-electron chi connectivity index (χ0n) is 10.8. The van der Waals surface area contributed by atoms with Crippen LogP contribution in [0.2, 0.25) is 0 Å². The molecule has 0 fully saturated rings. The number of anilines is 1. The molecule has 104 valence electrons. The van der Waals surface area contributed by atoms with Gasteiger partial charge in [0.25, 0.3) is 5.69 Å². The second kappa shape index (κ2) is 5.70. The largest absolute Gasteiger partial charge is 0.375 e. The van der Waals surface area contributed by atoms with E-state index in [2.05, 4.69) is 5.32 Å². The van der Waals surface area contributed by atoms with Crippen molar-refractivity contribution in [2.24, 2.45) is 5.73 Å². The van der Waals surface area contributed by atoms with Crippen molar-refractivity contribution in [3.05, 3.63) is 55.8 Å². The number of rotatable bonds is 5. The zero-order valence-corrected chi connectivity index (χ0v) is 11.6. The molecule has 0 spiro atoms. The topological polar surface area (TPSA) is 98.3 Å². The lowest BCUT2D eigenvalue weighted by molar-refractivity contribution is -0.384. The Balaban J connectivity index is 2.25. The summed E-state index contributed by atoms with van der Waals surface area (Å²) in [7, 11) is 0. The maximum absolute atomic E-state index is 11.1. The van der Waals surface area contributed by atoms with Gasteiger partial charge < -0.3 is 11.1 Å². The number of amides is 1. The van der Waals surface area contributed by atoms with E-state index in [4.69, 9.17) is 5.73 Å². The molecule has 1 aromatic heterocycles. The molecule has 2 rings (SSSR count). The van der Waals surface area contributed by atoms with Crippen LogP contribution in [0.4, 0.5) is 11.4 Å². The molecule has 0 saturated carbocycles. The predicted molar refractivity (Wildman–Crippen MR) is 78.0 cm³/mol. The van der Waals surface area contributed by atoms with Crippen LogP contribution in [0, 0.1) is 17.0 Å². The van der Waals surface area contributed by atoms with Gasteiger partial charge >= 0.3 is 0 Å². The molecule has 20 heavy (non-hydrogen) atoms. The fourth-order valence-corrected chi connectivity index (χ4v) is 2.59. The first-order chi connectivity index (χ1) is 9.49. The van der Waals surface area contributed by atoms with Crippen molar-refractivity contribution in [1.29, 1.82) is 0 Å². The second-order valence-electron chi connectivity index (χ2n) is 4.23. The number of primary amides is 1. The van der Waals surface area contributed by atoms with E-state index in [0.717, 1.165) is 10.4 Å². The summed E-state index contributed by atoms with van der Waals surface area (Å²) in [5, 5.41) is 16.0. The Kier molecular flexibility index (Phi) is 3.99. The van der Waals surface area contributed by atoms with Gasteiger partial charge in [0.1, 0.15) is 5.69 Å². The fraction of sp³-hybridized carbons (Fsp3) is 0.154. The van der Waals surface area contributed by atoms with E-state index in [9.17, 15) is 14.9 Å². The fourth-order valence-electron chi connectivity index (χ4n) is 1.75. The average Bonchev–Trinajstić information content (AvgIpc) is 2.81. The number of nitrogens with one attached hydrogen (secondary N) is 1. The van der Waals surface area contributed by atoms with Crippen LogP contribution in [0.5, 0.6) is 0 Å². The Morgan fingerprint density at radius 3 is 2.75 bits per heavy atom. The Morgan fingerprint density at radius 1 is 1.45 bits per heavy atom. The molecule has 0 aliphatic rings. The van der Waals surface area contributed by atoms with Crippen LogP contribution in [0.1, 0.15) is 20.8 Å². The Labute approximate surface area is 119 Å². The van der Waals surface area contributed by atoms with Crippen molar-refractivity contribution in [2.75, 3.05) is 5.32 Å². The molecule has 0 saturated heterocycles. The van der Waals surface area contributed by atoms with E-state index >= 15 is 0 Å². The lowest BCUT2D eigenvalue weighted by Gasteiger charge is -2.07. The van der Waals surface area contributed by atoms with Crippen LogP contribution in [-0.4, -0.2) is 10.8 Å². The number of nitro groups is 1. The summed E-state index contributed by atoms with van der Waals surface area (Å²) in [6.07, 6.45) is 0. The average molecular weight is 291 g/mol. The summed E-state index contributed by atoms with van der Waals surface area (Å²) < 4.78 is 0. The lowest BCUT2D eigenvalue weighted by atomic mass is 10.1. The molecule has 0 unspecified atom stereocenters. The van der Waals surface area contributed by atoms with E-state index in [1.165, 1.54) is 18.2 Å². The van der Waals surface area contributed by atoms with E-state index in [-0.39, 0.29) is 11.3 Å². The van der Waals surface area contributed by atoms with Crippen molar-refractivity contribution in [1.82, 2.24) is 0 Å². The van der Waals surface area contributed by atoms with Gasteiger partial charge in [0, 0.05) is 23.1 Å². The highest BCUT2D eigenvalue weighted by Crippen LogP contribution is 2.27. The summed E-state index contributed by atoms with van der Waals surface area (Å²) in [6.45, 7) is 2.48. The van der Waals surface area contributed by atoms with Crippen LogP contribution in [0.3, 0.4) is 0 Å². The number of thiophene rings is 1. The van der Waals surface area contributed by atoms with Crippen LogP contribution in [0.25, 0.3) is 0 Å². The maximum Gasteiger partial charge on any atom is 0.293 e. The van der Waals surface area contributed by atoms with Gasteiger partial charge in [0.05, 0.1) is 4.92 Å². The van der Waals surface area contributed by atoms with E-state index in [1.54, 1.807) is 11.3 Å². The van der Waals surface area contributed by atoms with Gasteiger partial charge in [0.2, 0.25) is 5.91 Å². The normalized spacial score (nSPS) is 10.2. The van der Waals surface area contributed by atoms with Crippen molar-refractivity contribution in [2.45, 2.75) is 13.5 Å². The molecule has 2 aromatic rings. The number of nitro benzene ring substituents is 1. The summed E-state index contributed by atoms with van der Waals surface area (Å²) in [6, 6.07) is 6.15. The molecule has 1 aromatic carbocycles. The predicted octanol–water partition coefficient (Wildman–Crippen LogP) is 2.68. The van der Waals surface area contributed by atoms with Crippen LogP contribution >= 0.6 is 11.3 Å². The number of nitrogens with two attached hydrogens (primary N) is 1. The summed E-state index contributed by atoms with van der Waals surface area (Å²) in [5.41, 5.74) is 6.59. The van der Waals surface area contributed by atoms with Gasteiger partial charge in [-0.25, -0.2) is 0 Å². The number of aryl methyl sites for hydroxylation is 1. The minimum Gasteiger partial charge on any atom is -0.375 e. The molecule has 6 nitrogen and oxygen atoms in total. The third kappa shape index (κ3) is 2.94. The summed E-state index contributed by atoms with van der Waals surface area (Å²) >= 11 is 1.58. The van der Waals surface area contributed by atoms with Gasteiger partial charge in [-0.3, -0.25) is 14.9 Å². The number of hydrogen-bond acceptors (Lipinski definition) is 5. The van der Waals surface area contributed by atoms with Crippen LogP contribution in [-0.2, 0) is 6.54 Å². The quantitative estimate of drug-likeness (QED) is 0.653. The number of nitrogens with zero attached hydrogens (tertiary/aromatic N) is 1. The molecule has 1 amide bonds. The molecule has 0 aliphatic carbocycles. The van der Waals surface area contributed by atoms with Gasteiger partial charge in [0.15, 0.2) is 0 Å². The highest BCUT2D eigenvalue weighted by Gasteiger charge is 2.16. The van der Waals surface area contributed by atoms with Crippen LogP contribution < -0.4 is 11.1 Å². The number of hydrogen-bond donors (Lipinski definition) is 2. The summed E-state index contributed by atoms with van der Waals surface area (Å²) in [5.74, 6) is -0.686. The van der Waals surface area contributed by atoms with E-state index in [1.807, 2.05) is 18.4 Å². The molecule has 0 atom stereocenters. The van der Waals surface area contributed by atoms with Gasteiger partial charge in [-0.1, -0.05) is 0 Å². The molecular weight excluding hydrogens is 278 g/mol. The number of benzene rings is 1. The van der Waals surface area contributed by atoms with Gasteiger partial charge in [-0.15, -0.1) is 11.3 Å². The Hall–Kier alpha value is -2.41.